The van der Waals surface area contributed by atoms with Crippen LogP contribution in [0.2, 0.25) is 5.02 Å². The Labute approximate surface area is 121 Å². The molecule has 19 heavy (non-hydrogen) atoms. The van der Waals surface area contributed by atoms with Gasteiger partial charge in [0.15, 0.2) is 3.95 Å². The van der Waals surface area contributed by atoms with Gasteiger partial charge in [-0.25, -0.2) is 4.99 Å². The van der Waals surface area contributed by atoms with Gasteiger partial charge in [0.2, 0.25) is 5.88 Å². The number of aromatic nitrogens is 1. The summed E-state index contributed by atoms with van der Waals surface area (Å²) in [5, 5.41) is 11.8. The molecule has 0 spiro atoms. The number of hydrogen-bond acceptors (Lipinski definition) is 4. The van der Waals surface area contributed by atoms with Crippen LogP contribution in [0.4, 0.5) is 0 Å². The number of hydrogen-bond donors (Lipinski definition) is 1. The summed E-state index contributed by atoms with van der Waals surface area (Å²) in [4.78, 5) is 16.4. The largest absolute Gasteiger partial charge is 0.493 e. The minimum Gasteiger partial charge on any atom is -0.493 e. The zero-order valence-corrected chi connectivity index (χ0v) is 12.1. The average molecular weight is 311 g/mol. The maximum atomic E-state index is 12.0. The molecule has 0 radical (unpaired) electrons. The Balaban J connectivity index is 2.45. The zero-order chi connectivity index (χ0) is 13.7. The van der Waals surface area contributed by atoms with E-state index in [1.165, 1.54) is 15.9 Å². The quantitative estimate of drug-likeness (QED) is 0.813. The number of halogens is 1. The minimum atomic E-state index is -0.385. The second-order valence-electron chi connectivity index (χ2n) is 4.03. The number of carbonyl (C=O) groups excluding carboxylic acids is 1. The highest BCUT2D eigenvalue weighted by atomic mass is 35.5. The molecule has 0 saturated carbocycles. The SMILES string of the molecule is Cn1c(O)c(C2=c3cc(Cl)ccc3=NC2=O)sc1=S. The van der Waals surface area contributed by atoms with Crippen LogP contribution in [-0.2, 0) is 11.8 Å². The summed E-state index contributed by atoms with van der Waals surface area (Å²) in [5.74, 6) is -0.411. The normalized spacial score (nSPS) is 13.6. The van der Waals surface area contributed by atoms with Crippen LogP contribution >= 0.6 is 35.2 Å². The van der Waals surface area contributed by atoms with Crippen LogP contribution in [-0.4, -0.2) is 15.6 Å². The van der Waals surface area contributed by atoms with E-state index in [0.29, 0.717) is 30.0 Å². The Kier molecular flexibility index (Phi) is 2.81. The molecule has 0 aliphatic carbocycles. The predicted molar refractivity (Wildman–Crippen MR) is 75.5 cm³/mol. The first kappa shape index (κ1) is 12.5. The number of carbonyl (C=O) groups is 1. The Hall–Kier alpha value is -1.50. The van der Waals surface area contributed by atoms with E-state index in [1.807, 2.05) is 0 Å². The molecule has 0 bridgehead atoms. The molecule has 1 aliphatic heterocycles. The molecule has 3 rings (SSSR count). The van der Waals surface area contributed by atoms with Crippen LogP contribution in [0.25, 0.3) is 5.57 Å². The molecule has 1 amide bonds. The van der Waals surface area contributed by atoms with Gasteiger partial charge in [0.25, 0.3) is 5.91 Å². The summed E-state index contributed by atoms with van der Waals surface area (Å²) in [7, 11) is 1.65. The van der Waals surface area contributed by atoms with Crippen molar-refractivity contribution in [3.63, 3.8) is 0 Å². The van der Waals surface area contributed by atoms with E-state index in [9.17, 15) is 9.90 Å². The van der Waals surface area contributed by atoms with E-state index in [-0.39, 0.29) is 11.8 Å². The second kappa shape index (κ2) is 4.26. The van der Waals surface area contributed by atoms with Crippen molar-refractivity contribution in [1.82, 2.24) is 4.57 Å². The van der Waals surface area contributed by atoms with E-state index in [1.54, 1.807) is 25.2 Å². The van der Waals surface area contributed by atoms with Gasteiger partial charge in [-0.15, -0.1) is 11.3 Å². The predicted octanol–water partition coefficient (Wildman–Crippen LogP) is 1.53. The van der Waals surface area contributed by atoms with Crippen LogP contribution in [0.3, 0.4) is 0 Å². The summed E-state index contributed by atoms with van der Waals surface area (Å²) in [5.41, 5.74) is 0.353. The molecular weight excluding hydrogens is 304 g/mol. The maximum absolute atomic E-state index is 12.0. The Bertz CT molecular complexity index is 895. The standard InChI is InChI=1S/C12H7ClN2O2S2/c1-15-11(17)9(19-12(15)18)8-6-4-5(13)2-3-7(6)14-10(8)16/h2-4,17H,1H3. The van der Waals surface area contributed by atoms with Gasteiger partial charge in [0.1, 0.15) is 4.88 Å². The van der Waals surface area contributed by atoms with Crippen molar-refractivity contribution in [3.8, 4) is 5.88 Å². The molecule has 1 aromatic carbocycles. The molecule has 7 heteroatoms. The van der Waals surface area contributed by atoms with Gasteiger partial charge in [0, 0.05) is 17.3 Å². The number of rotatable bonds is 1. The molecule has 4 nitrogen and oxygen atoms in total. The van der Waals surface area contributed by atoms with Crippen molar-refractivity contribution >= 4 is 46.6 Å². The van der Waals surface area contributed by atoms with E-state index in [4.69, 9.17) is 23.8 Å². The van der Waals surface area contributed by atoms with Crippen molar-refractivity contribution in [1.29, 1.82) is 0 Å². The summed E-state index contributed by atoms with van der Waals surface area (Å²) in [6, 6.07) is 5.03. The van der Waals surface area contributed by atoms with E-state index >= 15 is 0 Å². The van der Waals surface area contributed by atoms with E-state index < -0.39 is 0 Å². The number of benzene rings is 1. The smallest absolute Gasteiger partial charge is 0.279 e. The molecule has 0 fully saturated rings. The van der Waals surface area contributed by atoms with Gasteiger partial charge in [-0.2, -0.15) is 0 Å². The molecule has 1 N–H and O–H groups in total. The second-order valence-corrected chi connectivity index (χ2v) is 6.11. The van der Waals surface area contributed by atoms with Gasteiger partial charge < -0.3 is 5.11 Å². The monoisotopic (exact) mass is 310 g/mol. The molecule has 1 aliphatic rings. The Morgan fingerprint density at radius 1 is 1.47 bits per heavy atom. The van der Waals surface area contributed by atoms with Gasteiger partial charge in [0.05, 0.1) is 10.9 Å². The molecule has 1 aromatic heterocycles. The van der Waals surface area contributed by atoms with Crippen LogP contribution in [0.5, 0.6) is 5.88 Å². The molecule has 2 heterocycles. The van der Waals surface area contributed by atoms with Crippen LogP contribution in [0.1, 0.15) is 4.88 Å². The summed E-state index contributed by atoms with van der Waals surface area (Å²) in [6.07, 6.45) is 0. The third-order valence-corrected chi connectivity index (χ3v) is 4.67. The van der Waals surface area contributed by atoms with Gasteiger partial charge >= 0.3 is 0 Å². The molecule has 2 aromatic rings. The average Bonchev–Trinajstić information content (AvgIpc) is 2.80. The van der Waals surface area contributed by atoms with Gasteiger partial charge in [-0.05, 0) is 30.4 Å². The van der Waals surface area contributed by atoms with Gasteiger partial charge in [-0.1, -0.05) is 11.6 Å². The molecular formula is C12H7ClN2O2S2. The number of aromatic hydroxyl groups is 1. The first-order valence-corrected chi connectivity index (χ1v) is 6.91. The highest BCUT2D eigenvalue weighted by Crippen LogP contribution is 2.31. The summed E-state index contributed by atoms with van der Waals surface area (Å²) < 4.78 is 1.95. The van der Waals surface area contributed by atoms with Crippen molar-refractivity contribution < 1.29 is 9.90 Å². The van der Waals surface area contributed by atoms with Crippen LogP contribution in [0.15, 0.2) is 23.2 Å². The topological polar surface area (TPSA) is 54.6 Å². The van der Waals surface area contributed by atoms with Crippen molar-refractivity contribution in [2.24, 2.45) is 12.0 Å². The van der Waals surface area contributed by atoms with Crippen molar-refractivity contribution in [2.45, 2.75) is 0 Å². The van der Waals surface area contributed by atoms with Crippen LogP contribution in [0, 0.1) is 3.95 Å². The number of fused-ring (bicyclic) bond motifs is 1. The third kappa shape index (κ3) is 1.83. The Morgan fingerprint density at radius 3 is 2.84 bits per heavy atom. The lowest BCUT2D eigenvalue weighted by molar-refractivity contribution is -0.112. The lowest BCUT2D eigenvalue weighted by Crippen LogP contribution is -2.22. The number of amides is 1. The first-order chi connectivity index (χ1) is 8.99. The first-order valence-electron chi connectivity index (χ1n) is 5.31. The number of thiazole rings is 1. The fourth-order valence-electron chi connectivity index (χ4n) is 1.91. The highest BCUT2D eigenvalue weighted by molar-refractivity contribution is 7.73. The maximum Gasteiger partial charge on any atom is 0.279 e. The van der Waals surface area contributed by atoms with Gasteiger partial charge in [-0.3, -0.25) is 9.36 Å². The number of nitrogens with zero attached hydrogens (tertiary/aromatic N) is 2. The van der Waals surface area contributed by atoms with E-state index in [2.05, 4.69) is 4.99 Å². The molecule has 0 atom stereocenters. The fraction of sp³-hybridized carbons (Fsp3) is 0.0833. The summed E-state index contributed by atoms with van der Waals surface area (Å²) >= 11 is 12.2. The third-order valence-electron chi connectivity index (χ3n) is 2.87. The zero-order valence-electron chi connectivity index (χ0n) is 9.68. The highest BCUT2D eigenvalue weighted by Gasteiger charge is 2.24. The molecule has 0 unspecified atom stereocenters. The molecule has 96 valence electrons. The minimum absolute atomic E-state index is 0.0265. The van der Waals surface area contributed by atoms with Crippen molar-refractivity contribution in [2.75, 3.05) is 0 Å². The lowest BCUT2D eigenvalue weighted by atomic mass is 10.1. The summed E-state index contributed by atoms with van der Waals surface area (Å²) in [6.45, 7) is 0. The Morgan fingerprint density at radius 2 is 2.21 bits per heavy atom. The van der Waals surface area contributed by atoms with Crippen molar-refractivity contribution in [3.05, 3.63) is 42.6 Å². The van der Waals surface area contributed by atoms with E-state index in [0.717, 1.165) is 0 Å². The molecule has 0 saturated heterocycles. The fourth-order valence-corrected chi connectivity index (χ4v) is 3.34. The lowest BCUT2D eigenvalue weighted by Gasteiger charge is -1.98. The van der Waals surface area contributed by atoms with Crippen LogP contribution < -0.4 is 10.6 Å².